The van der Waals surface area contributed by atoms with E-state index in [1.165, 1.54) is 0 Å². The molecule has 0 bridgehead atoms. The number of nitrogens with zero attached hydrogens (tertiary/aromatic N) is 2. The number of carbonyl (C=O) groups excluding carboxylic acids is 2. The fourth-order valence-corrected chi connectivity index (χ4v) is 6.15. The van der Waals surface area contributed by atoms with Gasteiger partial charge in [0, 0.05) is 44.1 Å². The minimum absolute atomic E-state index is 0.0146. The molecule has 6 nitrogen and oxygen atoms in total. The number of amides is 2. The Morgan fingerprint density at radius 3 is 2.90 bits per heavy atom. The first-order valence-electron chi connectivity index (χ1n) is 11.1. The van der Waals surface area contributed by atoms with Gasteiger partial charge in [0.25, 0.3) is 0 Å². The topological polar surface area (TPSA) is 61.9 Å². The van der Waals surface area contributed by atoms with Crippen LogP contribution < -0.4 is 5.32 Å². The maximum atomic E-state index is 13.7. The van der Waals surface area contributed by atoms with Crippen molar-refractivity contribution in [2.75, 3.05) is 38.7 Å². The second kappa shape index (κ2) is 7.40. The average Bonchev–Trinajstić information content (AvgIpc) is 3.41. The number of hydrogen-bond donors (Lipinski definition) is 1. The van der Waals surface area contributed by atoms with E-state index in [2.05, 4.69) is 10.2 Å². The van der Waals surface area contributed by atoms with Crippen molar-refractivity contribution in [3.63, 3.8) is 0 Å². The van der Waals surface area contributed by atoms with E-state index in [0.29, 0.717) is 12.0 Å². The predicted molar refractivity (Wildman–Crippen MR) is 110 cm³/mol. The van der Waals surface area contributed by atoms with Crippen molar-refractivity contribution < 1.29 is 14.3 Å². The summed E-state index contributed by atoms with van der Waals surface area (Å²) in [5.41, 5.74) is 1.03. The maximum absolute atomic E-state index is 13.7. The molecule has 4 heterocycles. The monoisotopic (exact) mass is 397 g/mol. The van der Waals surface area contributed by atoms with Gasteiger partial charge < -0.3 is 15.0 Å². The first-order valence-corrected chi connectivity index (χ1v) is 11.1. The zero-order valence-corrected chi connectivity index (χ0v) is 17.2. The summed E-state index contributed by atoms with van der Waals surface area (Å²) >= 11 is 0. The SMILES string of the molecule is CN(CCC1CCOCC1)C(=O)[C@@H]1C[C@H]2CCCN2[C@]12C(=O)Nc1ccccc12. The molecule has 3 atom stereocenters. The molecular weight excluding hydrogens is 366 g/mol. The fraction of sp³-hybridized carbons (Fsp3) is 0.652. The van der Waals surface area contributed by atoms with Crippen LogP contribution in [0.3, 0.4) is 0 Å². The molecule has 5 rings (SSSR count). The number of rotatable bonds is 4. The van der Waals surface area contributed by atoms with Gasteiger partial charge in [-0.1, -0.05) is 18.2 Å². The number of ether oxygens (including phenoxy) is 1. The molecular formula is C23H31N3O3. The summed E-state index contributed by atoms with van der Waals surface area (Å²) in [6.45, 7) is 3.31. The van der Waals surface area contributed by atoms with Crippen molar-refractivity contribution in [2.45, 2.75) is 50.1 Å². The van der Waals surface area contributed by atoms with Gasteiger partial charge in [-0.25, -0.2) is 0 Å². The Hall–Kier alpha value is -1.92. The summed E-state index contributed by atoms with van der Waals surface area (Å²) in [5, 5.41) is 3.09. The zero-order chi connectivity index (χ0) is 20.0. The van der Waals surface area contributed by atoms with Gasteiger partial charge in [0.2, 0.25) is 11.8 Å². The van der Waals surface area contributed by atoms with E-state index >= 15 is 0 Å². The molecule has 0 radical (unpaired) electrons. The van der Waals surface area contributed by atoms with Crippen molar-refractivity contribution in [1.29, 1.82) is 0 Å². The standard InChI is InChI=1S/C23H31N3O3/c1-25(12-8-16-9-13-29-14-10-16)21(27)19-15-17-5-4-11-26(17)23(19)18-6-2-3-7-20(18)24-22(23)28/h2-3,6-7,16-17,19H,4-5,8-15H2,1H3,(H,24,28)/t17-,19+,23+/m1/s1. The van der Waals surface area contributed by atoms with Gasteiger partial charge >= 0.3 is 0 Å². The van der Waals surface area contributed by atoms with E-state index in [0.717, 1.165) is 76.1 Å². The Morgan fingerprint density at radius 1 is 1.28 bits per heavy atom. The van der Waals surface area contributed by atoms with Crippen LogP contribution in [0, 0.1) is 11.8 Å². The average molecular weight is 398 g/mol. The molecule has 1 spiro atoms. The Balaban J connectivity index is 1.41. The van der Waals surface area contributed by atoms with E-state index < -0.39 is 5.54 Å². The van der Waals surface area contributed by atoms with E-state index in [4.69, 9.17) is 4.74 Å². The molecule has 0 aromatic heterocycles. The molecule has 0 saturated carbocycles. The lowest BCUT2D eigenvalue weighted by Crippen LogP contribution is -2.54. The van der Waals surface area contributed by atoms with Crippen molar-refractivity contribution in [2.24, 2.45) is 11.8 Å². The van der Waals surface area contributed by atoms with E-state index in [9.17, 15) is 9.59 Å². The third-order valence-electron chi connectivity index (χ3n) is 7.66. The van der Waals surface area contributed by atoms with Gasteiger partial charge in [0.1, 0.15) is 5.54 Å². The maximum Gasteiger partial charge on any atom is 0.250 e. The van der Waals surface area contributed by atoms with Crippen LogP contribution in [0.1, 0.15) is 44.1 Å². The number of carbonyl (C=O) groups is 2. The van der Waals surface area contributed by atoms with Gasteiger partial charge in [-0.05, 0) is 57.1 Å². The number of anilines is 1. The lowest BCUT2D eigenvalue weighted by Gasteiger charge is -2.38. The second-order valence-corrected chi connectivity index (χ2v) is 9.15. The fourth-order valence-electron chi connectivity index (χ4n) is 6.15. The summed E-state index contributed by atoms with van der Waals surface area (Å²) in [7, 11) is 1.91. The third-order valence-corrected chi connectivity index (χ3v) is 7.66. The van der Waals surface area contributed by atoms with E-state index in [-0.39, 0.29) is 17.7 Å². The van der Waals surface area contributed by atoms with E-state index in [1.54, 1.807) is 0 Å². The molecule has 1 aromatic carbocycles. The molecule has 3 fully saturated rings. The van der Waals surface area contributed by atoms with E-state index in [1.807, 2.05) is 36.2 Å². The van der Waals surface area contributed by atoms with Gasteiger partial charge in [-0.15, -0.1) is 0 Å². The summed E-state index contributed by atoms with van der Waals surface area (Å²) < 4.78 is 5.46. The molecule has 156 valence electrons. The molecule has 4 aliphatic heterocycles. The van der Waals surface area contributed by atoms with Crippen LogP contribution in [0.4, 0.5) is 5.69 Å². The molecule has 1 aromatic rings. The normalized spacial score (nSPS) is 31.7. The summed E-state index contributed by atoms with van der Waals surface area (Å²) in [6, 6.07) is 8.26. The van der Waals surface area contributed by atoms with Gasteiger partial charge in [0.15, 0.2) is 0 Å². The summed E-state index contributed by atoms with van der Waals surface area (Å²) in [6.07, 6.45) is 6.14. The van der Waals surface area contributed by atoms with Crippen molar-refractivity contribution in [3.05, 3.63) is 29.8 Å². The largest absolute Gasteiger partial charge is 0.381 e. The summed E-state index contributed by atoms with van der Waals surface area (Å²) in [5.74, 6) is 0.434. The van der Waals surface area contributed by atoms with Crippen molar-refractivity contribution in [3.8, 4) is 0 Å². The Bertz CT molecular complexity index is 806. The highest BCUT2D eigenvalue weighted by molar-refractivity contribution is 6.09. The van der Waals surface area contributed by atoms with Crippen LogP contribution in [0.15, 0.2) is 24.3 Å². The van der Waals surface area contributed by atoms with Crippen LogP contribution in [0.2, 0.25) is 0 Å². The van der Waals surface area contributed by atoms with Gasteiger partial charge in [0.05, 0.1) is 5.92 Å². The van der Waals surface area contributed by atoms with Crippen LogP contribution in [-0.2, 0) is 19.9 Å². The lowest BCUT2D eigenvalue weighted by atomic mass is 9.78. The lowest BCUT2D eigenvalue weighted by molar-refractivity contribution is -0.143. The Morgan fingerprint density at radius 2 is 2.07 bits per heavy atom. The minimum atomic E-state index is -0.832. The van der Waals surface area contributed by atoms with Gasteiger partial charge in [-0.3, -0.25) is 14.5 Å². The molecule has 1 N–H and O–H groups in total. The zero-order valence-electron chi connectivity index (χ0n) is 17.2. The molecule has 4 aliphatic rings. The van der Waals surface area contributed by atoms with Crippen LogP contribution in [-0.4, -0.2) is 61.0 Å². The number of hydrogen-bond acceptors (Lipinski definition) is 4. The molecule has 2 amide bonds. The number of fused-ring (bicyclic) bond motifs is 4. The molecule has 6 heteroatoms. The first kappa shape index (κ1) is 19.1. The number of nitrogens with one attached hydrogen (secondary N) is 1. The van der Waals surface area contributed by atoms with Crippen molar-refractivity contribution in [1.82, 2.24) is 9.80 Å². The van der Waals surface area contributed by atoms with Crippen molar-refractivity contribution >= 4 is 17.5 Å². The number of para-hydroxylation sites is 1. The number of benzene rings is 1. The second-order valence-electron chi connectivity index (χ2n) is 9.15. The van der Waals surface area contributed by atoms with Crippen LogP contribution >= 0.6 is 0 Å². The van der Waals surface area contributed by atoms with Crippen LogP contribution in [0.25, 0.3) is 0 Å². The highest BCUT2D eigenvalue weighted by atomic mass is 16.5. The van der Waals surface area contributed by atoms with Gasteiger partial charge in [-0.2, -0.15) is 0 Å². The third kappa shape index (κ3) is 2.91. The molecule has 0 aliphatic carbocycles. The Kier molecular flexibility index (Phi) is 4.87. The first-order chi connectivity index (χ1) is 14.1. The molecule has 0 unspecified atom stereocenters. The molecule has 29 heavy (non-hydrogen) atoms. The Labute approximate surface area is 172 Å². The highest BCUT2D eigenvalue weighted by Gasteiger charge is 2.65. The quantitative estimate of drug-likeness (QED) is 0.848. The predicted octanol–water partition coefficient (Wildman–Crippen LogP) is 2.59. The molecule has 3 saturated heterocycles. The highest BCUT2D eigenvalue weighted by Crippen LogP contribution is 2.55. The minimum Gasteiger partial charge on any atom is -0.381 e. The van der Waals surface area contributed by atoms with Crippen LogP contribution in [0.5, 0.6) is 0 Å². The smallest absolute Gasteiger partial charge is 0.250 e. The summed E-state index contributed by atoms with van der Waals surface area (Å²) in [4.78, 5) is 31.3.